The second-order valence-corrected chi connectivity index (χ2v) is 4.99. The van der Waals surface area contributed by atoms with Crippen LogP contribution in [0.1, 0.15) is 28.9 Å². The monoisotopic (exact) mass is 308 g/mol. The minimum absolute atomic E-state index is 0.0331. The van der Waals surface area contributed by atoms with E-state index < -0.39 is 5.97 Å². The van der Waals surface area contributed by atoms with Crippen molar-refractivity contribution in [3.63, 3.8) is 0 Å². The van der Waals surface area contributed by atoms with Gasteiger partial charge in [0.2, 0.25) is 0 Å². The summed E-state index contributed by atoms with van der Waals surface area (Å²) in [7, 11) is 1.69. The summed E-state index contributed by atoms with van der Waals surface area (Å²) >= 11 is 6.09. The molecule has 110 valence electrons. The Morgan fingerprint density at radius 1 is 1.38 bits per heavy atom. The number of carboxylic acids is 1. The van der Waals surface area contributed by atoms with Crippen molar-refractivity contribution in [1.29, 1.82) is 0 Å². The third-order valence-electron chi connectivity index (χ3n) is 3.37. The number of aromatic carboxylic acids is 1. The van der Waals surface area contributed by atoms with Crippen molar-refractivity contribution in [2.45, 2.75) is 13.0 Å². The van der Waals surface area contributed by atoms with Crippen LogP contribution in [0, 0.1) is 5.82 Å². The summed E-state index contributed by atoms with van der Waals surface area (Å²) in [5, 5.41) is 9.12. The van der Waals surface area contributed by atoms with Gasteiger partial charge in [0.05, 0.1) is 16.6 Å². The topological polar surface area (TPSA) is 53.4 Å². The van der Waals surface area contributed by atoms with E-state index in [-0.39, 0.29) is 22.4 Å². The number of anilines is 1. The lowest BCUT2D eigenvalue weighted by atomic mass is 10.1. The summed E-state index contributed by atoms with van der Waals surface area (Å²) in [4.78, 5) is 16.9. The smallest absolute Gasteiger partial charge is 0.337 e. The molecule has 21 heavy (non-hydrogen) atoms. The van der Waals surface area contributed by atoms with Crippen LogP contribution in [0.15, 0.2) is 36.5 Å². The highest BCUT2D eigenvalue weighted by Crippen LogP contribution is 2.32. The molecule has 0 aliphatic heterocycles. The molecule has 0 radical (unpaired) electrons. The minimum atomic E-state index is -1.13. The standard InChI is InChI=1S/C15H14ClFN2O2/c1-9(10-5-3-4-6-12(10)17)19(2)14-13(16)11(15(20)21)7-8-18-14/h3-9H,1-2H3,(H,20,21). The van der Waals surface area contributed by atoms with Gasteiger partial charge in [-0.1, -0.05) is 29.8 Å². The molecule has 2 aromatic rings. The highest BCUT2D eigenvalue weighted by molar-refractivity contribution is 6.35. The molecular weight excluding hydrogens is 295 g/mol. The molecule has 0 bridgehead atoms. The third kappa shape index (κ3) is 2.97. The van der Waals surface area contributed by atoms with E-state index in [0.29, 0.717) is 11.4 Å². The molecule has 1 unspecified atom stereocenters. The van der Waals surface area contributed by atoms with E-state index in [0.717, 1.165) is 0 Å². The SMILES string of the molecule is CC(c1ccccc1F)N(C)c1nccc(C(=O)O)c1Cl. The molecule has 4 nitrogen and oxygen atoms in total. The molecule has 0 saturated carbocycles. The Morgan fingerprint density at radius 2 is 2.05 bits per heavy atom. The Hall–Kier alpha value is -2.14. The molecule has 1 heterocycles. The second kappa shape index (κ2) is 6.10. The maximum absolute atomic E-state index is 13.8. The number of carboxylic acid groups (broad SMARTS) is 1. The van der Waals surface area contributed by atoms with Crippen LogP contribution < -0.4 is 4.90 Å². The van der Waals surface area contributed by atoms with Crippen molar-refractivity contribution < 1.29 is 14.3 Å². The maximum Gasteiger partial charge on any atom is 0.337 e. The van der Waals surface area contributed by atoms with Crippen molar-refractivity contribution >= 4 is 23.4 Å². The van der Waals surface area contributed by atoms with E-state index in [4.69, 9.17) is 16.7 Å². The Morgan fingerprint density at radius 3 is 2.67 bits per heavy atom. The largest absolute Gasteiger partial charge is 0.478 e. The van der Waals surface area contributed by atoms with Crippen LogP contribution in [-0.4, -0.2) is 23.1 Å². The zero-order chi connectivity index (χ0) is 15.6. The molecule has 0 fully saturated rings. The van der Waals surface area contributed by atoms with E-state index >= 15 is 0 Å². The van der Waals surface area contributed by atoms with Gasteiger partial charge in [-0.2, -0.15) is 0 Å². The number of aromatic nitrogens is 1. The number of pyridine rings is 1. The molecule has 0 spiro atoms. The summed E-state index contributed by atoms with van der Waals surface area (Å²) in [6.07, 6.45) is 1.37. The van der Waals surface area contributed by atoms with Crippen LogP contribution >= 0.6 is 11.6 Å². The zero-order valence-corrected chi connectivity index (χ0v) is 12.3. The molecule has 1 aromatic heterocycles. The molecule has 0 saturated heterocycles. The summed E-state index contributed by atoms with van der Waals surface area (Å²) in [5.74, 6) is -1.16. The van der Waals surface area contributed by atoms with Crippen LogP contribution in [0.3, 0.4) is 0 Å². The molecule has 6 heteroatoms. The van der Waals surface area contributed by atoms with Gasteiger partial charge in [0.15, 0.2) is 0 Å². The number of carbonyl (C=O) groups is 1. The number of rotatable bonds is 4. The normalized spacial score (nSPS) is 12.0. The van der Waals surface area contributed by atoms with Crippen molar-refractivity contribution in [2.75, 3.05) is 11.9 Å². The van der Waals surface area contributed by atoms with E-state index in [9.17, 15) is 9.18 Å². The summed E-state index contributed by atoms with van der Waals surface area (Å²) in [6.45, 7) is 1.80. The van der Waals surface area contributed by atoms with Crippen LogP contribution in [0.5, 0.6) is 0 Å². The lowest BCUT2D eigenvalue weighted by Gasteiger charge is -2.27. The Labute approximate surface area is 126 Å². The quantitative estimate of drug-likeness (QED) is 0.934. The van der Waals surface area contributed by atoms with Crippen LogP contribution in [0.25, 0.3) is 0 Å². The van der Waals surface area contributed by atoms with E-state index in [1.807, 2.05) is 0 Å². The molecule has 1 atom stereocenters. The molecule has 0 amide bonds. The summed E-state index contributed by atoms with van der Waals surface area (Å²) in [6, 6.07) is 7.39. The first kappa shape index (κ1) is 15.3. The van der Waals surface area contributed by atoms with Gasteiger partial charge in [-0.15, -0.1) is 0 Å². The number of halogens is 2. The summed E-state index contributed by atoms with van der Waals surface area (Å²) < 4.78 is 13.8. The van der Waals surface area contributed by atoms with Crippen molar-refractivity contribution in [2.24, 2.45) is 0 Å². The molecular formula is C15H14ClFN2O2. The van der Waals surface area contributed by atoms with Crippen molar-refractivity contribution in [3.8, 4) is 0 Å². The van der Waals surface area contributed by atoms with Gasteiger partial charge in [0, 0.05) is 18.8 Å². The van der Waals surface area contributed by atoms with E-state index in [1.165, 1.54) is 18.3 Å². The lowest BCUT2D eigenvalue weighted by molar-refractivity contribution is 0.0697. The Kier molecular flexibility index (Phi) is 4.43. The first-order chi connectivity index (χ1) is 9.93. The maximum atomic E-state index is 13.8. The van der Waals surface area contributed by atoms with Crippen LogP contribution in [-0.2, 0) is 0 Å². The predicted molar refractivity (Wildman–Crippen MR) is 79.4 cm³/mol. The van der Waals surface area contributed by atoms with Gasteiger partial charge >= 0.3 is 5.97 Å². The number of hydrogen-bond donors (Lipinski definition) is 1. The van der Waals surface area contributed by atoms with E-state index in [1.54, 1.807) is 37.1 Å². The second-order valence-electron chi connectivity index (χ2n) is 4.61. The average Bonchev–Trinajstić information content (AvgIpc) is 2.46. The molecule has 0 aliphatic carbocycles. The third-order valence-corrected chi connectivity index (χ3v) is 3.74. The van der Waals surface area contributed by atoms with E-state index in [2.05, 4.69) is 4.98 Å². The zero-order valence-electron chi connectivity index (χ0n) is 11.5. The fourth-order valence-electron chi connectivity index (χ4n) is 2.05. The minimum Gasteiger partial charge on any atom is -0.478 e. The Bertz CT molecular complexity index is 678. The van der Waals surface area contributed by atoms with Gasteiger partial charge < -0.3 is 10.0 Å². The van der Waals surface area contributed by atoms with Gasteiger partial charge in [0.1, 0.15) is 11.6 Å². The highest BCUT2D eigenvalue weighted by Gasteiger charge is 2.21. The number of hydrogen-bond acceptors (Lipinski definition) is 3. The van der Waals surface area contributed by atoms with Gasteiger partial charge in [-0.3, -0.25) is 0 Å². The van der Waals surface area contributed by atoms with Crippen LogP contribution in [0.2, 0.25) is 5.02 Å². The van der Waals surface area contributed by atoms with Gasteiger partial charge in [-0.05, 0) is 19.1 Å². The molecule has 0 aliphatic rings. The number of benzene rings is 1. The van der Waals surface area contributed by atoms with Crippen molar-refractivity contribution in [1.82, 2.24) is 4.98 Å². The van der Waals surface area contributed by atoms with Crippen LogP contribution in [0.4, 0.5) is 10.2 Å². The number of nitrogens with zero attached hydrogens (tertiary/aromatic N) is 2. The Balaban J connectivity index is 2.41. The summed E-state index contributed by atoms with van der Waals surface area (Å²) in [5.41, 5.74) is 0.452. The van der Waals surface area contributed by atoms with Crippen molar-refractivity contribution in [3.05, 3.63) is 58.5 Å². The molecule has 1 N–H and O–H groups in total. The molecule has 1 aromatic carbocycles. The molecule has 2 rings (SSSR count). The predicted octanol–water partition coefficient (Wildman–Crippen LogP) is 3.77. The van der Waals surface area contributed by atoms with Gasteiger partial charge in [0.25, 0.3) is 0 Å². The van der Waals surface area contributed by atoms with Gasteiger partial charge in [-0.25, -0.2) is 14.2 Å². The first-order valence-electron chi connectivity index (χ1n) is 6.28. The fraction of sp³-hybridized carbons (Fsp3) is 0.200. The highest BCUT2D eigenvalue weighted by atomic mass is 35.5. The average molecular weight is 309 g/mol. The fourth-order valence-corrected chi connectivity index (χ4v) is 2.38. The lowest BCUT2D eigenvalue weighted by Crippen LogP contribution is -2.24. The first-order valence-corrected chi connectivity index (χ1v) is 6.66.